The lowest BCUT2D eigenvalue weighted by molar-refractivity contribution is -0.142. The average molecular weight is 155 g/mol. The monoisotopic (exact) mass is 155 g/mol. The van der Waals surface area contributed by atoms with Crippen LogP contribution in [0.4, 0.5) is 0 Å². The maximum absolute atomic E-state index is 10.8. The van der Waals surface area contributed by atoms with E-state index in [1.165, 1.54) is 7.11 Å². The molecule has 0 aliphatic carbocycles. The number of ether oxygens (including phenoxy) is 2. The third kappa shape index (κ3) is 3.26. The average Bonchev–Trinajstić information content (AvgIpc) is 2.00. The lowest BCUT2D eigenvalue weighted by atomic mass is 10.4. The largest absolute Gasteiger partial charge is 0.489 e. The summed E-state index contributed by atoms with van der Waals surface area (Å²) in [6.45, 7) is 1.95. The van der Waals surface area contributed by atoms with Gasteiger partial charge in [-0.25, -0.2) is 4.79 Å². The second-order valence-corrected chi connectivity index (χ2v) is 1.56. The summed E-state index contributed by atoms with van der Waals surface area (Å²) in [4.78, 5) is 10.8. The van der Waals surface area contributed by atoms with Crippen molar-refractivity contribution in [2.45, 2.75) is 6.92 Å². The lowest BCUT2D eigenvalue weighted by Gasteiger charge is -2.02. The molecular formula is C7H9NO3. The van der Waals surface area contributed by atoms with Crippen molar-refractivity contribution in [2.75, 3.05) is 13.7 Å². The minimum Gasteiger partial charge on any atom is -0.489 e. The molecule has 0 unspecified atom stereocenters. The van der Waals surface area contributed by atoms with Crippen LogP contribution in [0.2, 0.25) is 0 Å². The van der Waals surface area contributed by atoms with E-state index in [4.69, 9.17) is 5.26 Å². The molecule has 0 aromatic heterocycles. The fraction of sp³-hybridized carbons (Fsp3) is 0.429. The first-order valence-corrected chi connectivity index (χ1v) is 3.07. The van der Waals surface area contributed by atoms with Gasteiger partial charge in [0.2, 0.25) is 5.76 Å². The summed E-state index contributed by atoms with van der Waals surface area (Å²) >= 11 is 0. The molecule has 0 aromatic rings. The summed E-state index contributed by atoms with van der Waals surface area (Å²) in [7, 11) is 1.31. The third-order valence-electron chi connectivity index (χ3n) is 0.892. The smallest absolute Gasteiger partial charge is 0.374 e. The Morgan fingerprint density at radius 3 is 2.73 bits per heavy atom. The molecule has 0 atom stereocenters. The van der Waals surface area contributed by atoms with E-state index in [0.717, 1.165) is 6.08 Å². The number of carbonyl (C=O) groups excluding carboxylic acids is 1. The highest BCUT2D eigenvalue weighted by Crippen LogP contribution is 1.97. The van der Waals surface area contributed by atoms with E-state index in [0.29, 0.717) is 0 Å². The van der Waals surface area contributed by atoms with Gasteiger partial charge >= 0.3 is 5.97 Å². The van der Waals surface area contributed by atoms with Gasteiger partial charge in [0.25, 0.3) is 0 Å². The van der Waals surface area contributed by atoms with Crippen LogP contribution < -0.4 is 0 Å². The van der Waals surface area contributed by atoms with E-state index in [1.807, 2.05) is 0 Å². The zero-order valence-corrected chi connectivity index (χ0v) is 6.46. The molecule has 0 saturated heterocycles. The molecule has 11 heavy (non-hydrogen) atoms. The van der Waals surface area contributed by atoms with E-state index in [2.05, 4.69) is 9.47 Å². The van der Waals surface area contributed by atoms with Crippen molar-refractivity contribution in [3.8, 4) is 6.07 Å². The Bertz CT molecular complexity index is 202. The quantitative estimate of drug-likeness (QED) is 0.259. The Morgan fingerprint density at radius 2 is 2.36 bits per heavy atom. The number of allylic oxidation sites excluding steroid dienone is 1. The van der Waals surface area contributed by atoms with Crippen LogP contribution >= 0.6 is 0 Å². The van der Waals surface area contributed by atoms with Crippen LogP contribution in [0, 0.1) is 11.3 Å². The Kier molecular flexibility index (Phi) is 4.58. The molecule has 0 fully saturated rings. The van der Waals surface area contributed by atoms with Crippen molar-refractivity contribution >= 4 is 5.97 Å². The summed E-state index contributed by atoms with van der Waals surface area (Å²) in [5.74, 6) is -0.689. The van der Waals surface area contributed by atoms with E-state index in [-0.39, 0.29) is 12.4 Å². The Balaban J connectivity index is 4.17. The zero-order valence-electron chi connectivity index (χ0n) is 6.46. The fourth-order valence-electron chi connectivity index (χ4n) is 0.462. The second-order valence-electron chi connectivity index (χ2n) is 1.56. The molecule has 0 aliphatic heterocycles. The number of carbonyl (C=O) groups is 1. The molecule has 0 aromatic carbocycles. The van der Waals surface area contributed by atoms with Gasteiger partial charge in [0.1, 0.15) is 0 Å². The SMILES string of the molecule is CCOC(=O)C(=CC#N)OC. The van der Waals surface area contributed by atoms with Crippen LogP contribution in [0.5, 0.6) is 0 Å². The molecular weight excluding hydrogens is 146 g/mol. The second kappa shape index (κ2) is 5.30. The Morgan fingerprint density at radius 1 is 1.73 bits per heavy atom. The van der Waals surface area contributed by atoms with Gasteiger partial charge in [-0.3, -0.25) is 0 Å². The number of rotatable bonds is 3. The summed E-state index contributed by atoms with van der Waals surface area (Å²) in [6, 6.07) is 1.67. The maximum Gasteiger partial charge on any atom is 0.374 e. The molecule has 0 bridgehead atoms. The summed E-state index contributed by atoms with van der Waals surface area (Å²) in [5.41, 5.74) is 0. The highest BCUT2D eigenvalue weighted by Gasteiger charge is 2.08. The summed E-state index contributed by atoms with van der Waals surface area (Å²) in [6.07, 6.45) is 0.998. The van der Waals surface area contributed by atoms with E-state index in [1.54, 1.807) is 13.0 Å². The van der Waals surface area contributed by atoms with Crippen molar-refractivity contribution in [1.82, 2.24) is 0 Å². The number of methoxy groups -OCH3 is 1. The van der Waals surface area contributed by atoms with Crippen molar-refractivity contribution in [1.29, 1.82) is 5.26 Å². The minimum atomic E-state index is -0.614. The Labute approximate surface area is 65.0 Å². The van der Waals surface area contributed by atoms with Crippen LogP contribution in [0.25, 0.3) is 0 Å². The van der Waals surface area contributed by atoms with Gasteiger partial charge in [-0.05, 0) is 6.92 Å². The molecule has 0 radical (unpaired) electrons. The molecule has 60 valence electrons. The van der Waals surface area contributed by atoms with Gasteiger partial charge < -0.3 is 9.47 Å². The number of nitriles is 1. The standard InChI is InChI=1S/C7H9NO3/c1-3-11-7(9)6(10-2)4-5-8/h4H,3H2,1-2H3. The topological polar surface area (TPSA) is 59.3 Å². The molecule has 0 heterocycles. The van der Waals surface area contributed by atoms with Crippen LogP contribution in [0.1, 0.15) is 6.92 Å². The normalized spacial score (nSPS) is 10.1. The van der Waals surface area contributed by atoms with Gasteiger partial charge in [-0.1, -0.05) is 0 Å². The number of hydrogen-bond acceptors (Lipinski definition) is 4. The lowest BCUT2D eigenvalue weighted by Crippen LogP contribution is -2.08. The van der Waals surface area contributed by atoms with Crippen LogP contribution in [0.3, 0.4) is 0 Å². The minimum absolute atomic E-state index is 0.0747. The van der Waals surface area contributed by atoms with Crippen molar-refractivity contribution in [2.24, 2.45) is 0 Å². The van der Waals surface area contributed by atoms with Crippen molar-refractivity contribution in [3.05, 3.63) is 11.8 Å². The summed E-state index contributed by atoms with van der Waals surface area (Å²) in [5, 5.41) is 8.17. The van der Waals surface area contributed by atoms with Crippen LogP contribution in [0.15, 0.2) is 11.8 Å². The maximum atomic E-state index is 10.8. The van der Waals surface area contributed by atoms with E-state index < -0.39 is 5.97 Å². The van der Waals surface area contributed by atoms with Gasteiger partial charge in [0.15, 0.2) is 0 Å². The van der Waals surface area contributed by atoms with Gasteiger partial charge in [-0.2, -0.15) is 5.26 Å². The van der Waals surface area contributed by atoms with Gasteiger partial charge in [0.05, 0.1) is 25.9 Å². The molecule has 0 N–H and O–H groups in total. The number of nitrogens with zero attached hydrogens (tertiary/aromatic N) is 1. The molecule has 4 heteroatoms. The molecule has 0 spiro atoms. The Hall–Kier alpha value is -1.50. The third-order valence-corrected chi connectivity index (χ3v) is 0.892. The van der Waals surface area contributed by atoms with Gasteiger partial charge in [-0.15, -0.1) is 0 Å². The van der Waals surface area contributed by atoms with E-state index in [9.17, 15) is 4.79 Å². The summed E-state index contributed by atoms with van der Waals surface area (Å²) < 4.78 is 9.13. The predicted molar refractivity (Wildman–Crippen MR) is 37.3 cm³/mol. The first-order valence-electron chi connectivity index (χ1n) is 3.07. The molecule has 0 saturated carbocycles. The molecule has 4 nitrogen and oxygen atoms in total. The van der Waals surface area contributed by atoms with Crippen LogP contribution in [-0.4, -0.2) is 19.7 Å². The molecule has 0 rings (SSSR count). The van der Waals surface area contributed by atoms with Crippen LogP contribution in [-0.2, 0) is 14.3 Å². The molecule has 0 amide bonds. The molecule has 0 aliphatic rings. The van der Waals surface area contributed by atoms with E-state index >= 15 is 0 Å². The first kappa shape index (κ1) is 9.50. The predicted octanol–water partition coefficient (Wildman–Crippen LogP) is 0.603. The van der Waals surface area contributed by atoms with Crippen molar-refractivity contribution < 1.29 is 14.3 Å². The number of hydrogen-bond donors (Lipinski definition) is 0. The van der Waals surface area contributed by atoms with Gasteiger partial charge in [0, 0.05) is 0 Å². The van der Waals surface area contributed by atoms with Crippen molar-refractivity contribution in [3.63, 3.8) is 0 Å². The highest BCUT2D eigenvalue weighted by molar-refractivity contribution is 5.86. The highest BCUT2D eigenvalue weighted by atomic mass is 16.6. The fourth-order valence-corrected chi connectivity index (χ4v) is 0.462. The number of esters is 1. The zero-order chi connectivity index (χ0) is 8.69. The first-order chi connectivity index (χ1) is 5.26.